The van der Waals surface area contributed by atoms with Gasteiger partial charge in [0.1, 0.15) is 24.7 Å². The van der Waals surface area contributed by atoms with Crippen molar-refractivity contribution < 1.29 is 14.6 Å². The van der Waals surface area contributed by atoms with Crippen molar-refractivity contribution in [2.75, 3.05) is 25.1 Å². The predicted molar refractivity (Wildman–Crippen MR) is 110 cm³/mol. The van der Waals surface area contributed by atoms with E-state index in [0.717, 1.165) is 29.1 Å². The molecule has 148 valence electrons. The van der Waals surface area contributed by atoms with Gasteiger partial charge < -0.3 is 24.5 Å². The molecule has 0 amide bonds. The highest BCUT2D eigenvalue weighted by Crippen LogP contribution is 2.27. The maximum Gasteiger partial charge on any atom is 0.137 e. The number of rotatable bonds is 10. The summed E-state index contributed by atoms with van der Waals surface area (Å²) in [7, 11) is 0. The number of benzene rings is 2. The Labute approximate surface area is 169 Å². The fraction of sp³-hybridized carbons (Fsp3) is 0.286. The normalized spacial score (nSPS) is 10.7. The number of halogens is 1. The van der Waals surface area contributed by atoms with Crippen LogP contribution in [0.4, 0.5) is 5.69 Å². The largest absolute Gasteiger partial charge is 0.491 e. The van der Waals surface area contributed by atoms with E-state index in [9.17, 15) is 0 Å². The molecular formula is C21H24ClN3O3. The van der Waals surface area contributed by atoms with Crippen molar-refractivity contribution in [1.29, 1.82) is 0 Å². The van der Waals surface area contributed by atoms with E-state index in [1.165, 1.54) is 0 Å². The van der Waals surface area contributed by atoms with E-state index in [-0.39, 0.29) is 6.61 Å². The third kappa shape index (κ3) is 5.65. The Morgan fingerprint density at radius 3 is 2.75 bits per heavy atom. The Balaban J connectivity index is 1.52. The quantitative estimate of drug-likeness (QED) is 0.539. The summed E-state index contributed by atoms with van der Waals surface area (Å²) < 4.78 is 13.1. The average Bonchev–Trinajstić information content (AvgIpc) is 3.20. The smallest absolute Gasteiger partial charge is 0.137 e. The van der Waals surface area contributed by atoms with E-state index in [4.69, 9.17) is 26.2 Å². The van der Waals surface area contributed by atoms with Crippen LogP contribution in [-0.4, -0.2) is 34.5 Å². The molecule has 0 saturated heterocycles. The second-order valence-corrected chi connectivity index (χ2v) is 6.72. The SMILES string of the molecule is Cc1cc(OCCO)ccc1NCc1ccc(OCCn2ccnc2)c(Cl)c1. The number of nitrogens with zero attached hydrogens (tertiary/aromatic N) is 2. The first-order valence-corrected chi connectivity index (χ1v) is 9.48. The summed E-state index contributed by atoms with van der Waals surface area (Å²) in [6.07, 6.45) is 5.40. The van der Waals surface area contributed by atoms with Gasteiger partial charge in [0.25, 0.3) is 0 Å². The first kappa shape index (κ1) is 20.0. The fourth-order valence-corrected chi connectivity index (χ4v) is 2.99. The number of aromatic nitrogens is 2. The van der Waals surface area contributed by atoms with Gasteiger partial charge in [-0.1, -0.05) is 17.7 Å². The van der Waals surface area contributed by atoms with E-state index >= 15 is 0 Å². The number of anilines is 1. The zero-order valence-corrected chi connectivity index (χ0v) is 16.5. The lowest BCUT2D eigenvalue weighted by molar-refractivity contribution is 0.201. The van der Waals surface area contributed by atoms with Crippen LogP contribution in [0.25, 0.3) is 0 Å². The van der Waals surface area contributed by atoms with Gasteiger partial charge >= 0.3 is 0 Å². The van der Waals surface area contributed by atoms with Crippen LogP contribution >= 0.6 is 11.6 Å². The molecule has 6 nitrogen and oxygen atoms in total. The summed E-state index contributed by atoms with van der Waals surface area (Å²) in [6.45, 7) is 4.20. The number of nitrogens with one attached hydrogen (secondary N) is 1. The molecule has 0 spiro atoms. The van der Waals surface area contributed by atoms with E-state index in [1.807, 2.05) is 54.1 Å². The Bertz CT molecular complexity index is 885. The molecule has 0 fully saturated rings. The number of aliphatic hydroxyl groups excluding tert-OH is 1. The molecular weight excluding hydrogens is 378 g/mol. The highest BCUT2D eigenvalue weighted by Gasteiger charge is 2.05. The Morgan fingerprint density at radius 2 is 2.04 bits per heavy atom. The van der Waals surface area contributed by atoms with Gasteiger partial charge in [-0.2, -0.15) is 0 Å². The van der Waals surface area contributed by atoms with Crippen LogP contribution in [0, 0.1) is 6.92 Å². The summed E-state index contributed by atoms with van der Waals surface area (Å²) in [4.78, 5) is 4.00. The van der Waals surface area contributed by atoms with Gasteiger partial charge in [0.15, 0.2) is 0 Å². The lowest BCUT2D eigenvalue weighted by Gasteiger charge is -2.13. The van der Waals surface area contributed by atoms with Crippen LogP contribution in [0.3, 0.4) is 0 Å². The molecule has 7 heteroatoms. The summed E-state index contributed by atoms with van der Waals surface area (Å²) in [5, 5.41) is 12.8. The van der Waals surface area contributed by atoms with E-state index < -0.39 is 0 Å². The van der Waals surface area contributed by atoms with Crippen molar-refractivity contribution in [3.05, 3.63) is 71.3 Å². The first-order valence-electron chi connectivity index (χ1n) is 9.11. The standard InChI is InChI=1S/C21H24ClN3O3/c1-16-12-18(27-11-9-26)3-4-20(16)24-14-17-2-5-21(19(22)13-17)28-10-8-25-7-6-23-15-25/h2-7,12-13,15,24,26H,8-11,14H2,1H3. The van der Waals surface area contributed by atoms with Crippen molar-refractivity contribution >= 4 is 17.3 Å². The highest BCUT2D eigenvalue weighted by molar-refractivity contribution is 6.32. The molecule has 0 saturated carbocycles. The van der Waals surface area contributed by atoms with Crippen LogP contribution in [-0.2, 0) is 13.1 Å². The molecule has 28 heavy (non-hydrogen) atoms. The van der Waals surface area contributed by atoms with Crippen LogP contribution in [0.15, 0.2) is 55.1 Å². The topological polar surface area (TPSA) is 68.5 Å². The number of hydrogen-bond acceptors (Lipinski definition) is 5. The molecule has 0 radical (unpaired) electrons. The highest BCUT2D eigenvalue weighted by atomic mass is 35.5. The van der Waals surface area contributed by atoms with Gasteiger partial charge in [-0.3, -0.25) is 0 Å². The maximum absolute atomic E-state index is 8.83. The number of aliphatic hydroxyl groups is 1. The van der Waals surface area contributed by atoms with Crippen LogP contribution in [0.5, 0.6) is 11.5 Å². The molecule has 3 rings (SSSR count). The fourth-order valence-electron chi connectivity index (χ4n) is 2.74. The third-order valence-electron chi connectivity index (χ3n) is 4.20. The second kappa shape index (κ2) is 10.0. The first-order chi connectivity index (χ1) is 13.7. The van der Waals surface area contributed by atoms with Crippen molar-refractivity contribution in [2.45, 2.75) is 20.0 Å². The minimum absolute atomic E-state index is 0.00305. The van der Waals surface area contributed by atoms with Crippen molar-refractivity contribution in [3.63, 3.8) is 0 Å². The Hall–Kier alpha value is -2.70. The predicted octanol–water partition coefficient (Wildman–Crippen LogP) is 3.91. The molecule has 0 atom stereocenters. The number of imidazole rings is 1. The van der Waals surface area contributed by atoms with Crippen LogP contribution in [0.1, 0.15) is 11.1 Å². The summed E-state index contributed by atoms with van der Waals surface area (Å²) in [5.74, 6) is 1.42. The summed E-state index contributed by atoms with van der Waals surface area (Å²) in [5.41, 5.74) is 3.15. The molecule has 0 aliphatic carbocycles. The number of ether oxygens (including phenoxy) is 2. The average molecular weight is 402 g/mol. The second-order valence-electron chi connectivity index (χ2n) is 6.32. The molecule has 0 unspecified atom stereocenters. The maximum atomic E-state index is 8.83. The van der Waals surface area contributed by atoms with Crippen molar-refractivity contribution in [3.8, 4) is 11.5 Å². The molecule has 0 aliphatic rings. The van der Waals surface area contributed by atoms with Gasteiger partial charge in [0, 0.05) is 24.6 Å². The lowest BCUT2D eigenvalue weighted by Crippen LogP contribution is -2.07. The zero-order valence-electron chi connectivity index (χ0n) is 15.8. The van der Waals surface area contributed by atoms with Crippen molar-refractivity contribution in [2.24, 2.45) is 0 Å². The number of aryl methyl sites for hydroxylation is 1. The van der Waals surface area contributed by atoms with Gasteiger partial charge in [0.2, 0.25) is 0 Å². The van der Waals surface area contributed by atoms with Crippen molar-refractivity contribution in [1.82, 2.24) is 9.55 Å². The van der Waals surface area contributed by atoms with Gasteiger partial charge in [0.05, 0.1) is 24.5 Å². The summed E-state index contributed by atoms with van der Waals surface area (Å²) in [6, 6.07) is 11.6. The van der Waals surface area contributed by atoms with Gasteiger partial charge in [-0.05, 0) is 48.4 Å². The molecule has 0 aliphatic heterocycles. The van der Waals surface area contributed by atoms with E-state index in [1.54, 1.807) is 12.5 Å². The summed E-state index contributed by atoms with van der Waals surface area (Å²) >= 11 is 6.36. The Kier molecular flexibility index (Phi) is 7.17. The molecule has 0 bridgehead atoms. The molecule has 2 N–H and O–H groups in total. The molecule has 3 aromatic rings. The minimum Gasteiger partial charge on any atom is -0.491 e. The van der Waals surface area contributed by atoms with Gasteiger partial charge in [-0.15, -0.1) is 0 Å². The minimum atomic E-state index is 0.00305. The van der Waals surface area contributed by atoms with E-state index in [2.05, 4.69) is 10.3 Å². The van der Waals surface area contributed by atoms with Crippen LogP contribution < -0.4 is 14.8 Å². The third-order valence-corrected chi connectivity index (χ3v) is 4.50. The monoisotopic (exact) mass is 401 g/mol. The van der Waals surface area contributed by atoms with Gasteiger partial charge in [-0.25, -0.2) is 4.98 Å². The zero-order chi connectivity index (χ0) is 19.8. The van der Waals surface area contributed by atoms with Crippen LogP contribution in [0.2, 0.25) is 5.02 Å². The molecule has 1 heterocycles. The van der Waals surface area contributed by atoms with E-state index in [0.29, 0.717) is 30.5 Å². The number of hydrogen-bond donors (Lipinski definition) is 2. The molecule has 1 aromatic heterocycles. The molecule has 2 aromatic carbocycles. The Morgan fingerprint density at radius 1 is 1.14 bits per heavy atom. The lowest BCUT2D eigenvalue weighted by atomic mass is 10.1.